The molecule has 1 saturated heterocycles. The molecule has 0 aromatic heterocycles. The lowest BCUT2D eigenvalue weighted by Crippen LogP contribution is -2.46. The number of hydrogen-bond acceptors (Lipinski definition) is 6. The lowest BCUT2D eigenvalue weighted by Gasteiger charge is -2.39. The maximum atomic E-state index is 12.4. The van der Waals surface area contributed by atoms with E-state index in [9.17, 15) is 13.2 Å². The zero-order valence-corrected chi connectivity index (χ0v) is 17.4. The molecule has 0 radical (unpaired) electrons. The Kier molecular flexibility index (Phi) is 6.75. The Labute approximate surface area is 161 Å². The molecule has 1 aliphatic rings. The van der Waals surface area contributed by atoms with Crippen LogP contribution in [0, 0.1) is 5.92 Å². The molecule has 27 heavy (non-hydrogen) atoms. The molecule has 1 aliphatic heterocycles. The number of likely N-dealkylation sites (tertiary alicyclic amines) is 1. The Balaban J connectivity index is 2.20. The van der Waals surface area contributed by atoms with Crippen molar-refractivity contribution in [3.63, 3.8) is 0 Å². The number of benzene rings is 1. The van der Waals surface area contributed by atoms with Crippen LogP contribution in [0.3, 0.4) is 0 Å². The first kappa shape index (κ1) is 21.5. The van der Waals surface area contributed by atoms with Crippen LogP contribution in [0.4, 0.5) is 4.79 Å². The van der Waals surface area contributed by atoms with Crippen LogP contribution >= 0.6 is 0 Å². The van der Waals surface area contributed by atoms with Crippen molar-refractivity contribution in [3.8, 4) is 5.75 Å². The van der Waals surface area contributed by atoms with Gasteiger partial charge in [0.1, 0.15) is 11.4 Å². The summed E-state index contributed by atoms with van der Waals surface area (Å²) in [7, 11) is -1.96. The highest BCUT2D eigenvalue weighted by Gasteiger charge is 2.35. The Morgan fingerprint density at radius 1 is 1.30 bits per heavy atom. The number of carbonyl (C=O) groups is 1. The first-order valence-electron chi connectivity index (χ1n) is 8.95. The highest BCUT2D eigenvalue weighted by atomic mass is 32.2. The van der Waals surface area contributed by atoms with Crippen LogP contribution < -0.4 is 4.74 Å². The number of amides is 1. The van der Waals surface area contributed by atoms with Crippen molar-refractivity contribution in [3.05, 3.63) is 29.8 Å². The summed E-state index contributed by atoms with van der Waals surface area (Å²) in [5.74, 6) is 0.624. The third-order valence-electron chi connectivity index (χ3n) is 4.40. The van der Waals surface area contributed by atoms with Gasteiger partial charge in [-0.25, -0.2) is 4.79 Å². The minimum atomic E-state index is -3.57. The molecule has 1 amide bonds. The van der Waals surface area contributed by atoms with Crippen LogP contribution in [0.15, 0.2) is 24.3 Å². The SMILES string of the molecule is COc1cccc([C@H]2CCN(C(=O)OC(C)(C)C)C[C@@H]2COS(C)(=O)=O)c1. The second-order valence-electron chi connectivity index (χ2n) is 7.85. The van der Waals surface area contributed by atoms with Crippen LogP contribution in [0.2, 0.25) is 0 Å². The molecule has 1 aromatic carbocycles. The maximum absolute atomic E-state index is 12.4. The lowest BCUT2D eigenvalue weighted by molar-refractivity contribution is 0.0114. The number of rotatable bonds is 5. The van der Waals surface area contributed by atoms with Gasteiger partial charge in [0.05, 0.1) is 20.0 Å². The summed E-state index contributed by atoms with van der Waals surface area (Å²) in [5.41, 5.74) is 0.458. The van der Waals surface area contributed by atoms with Crippen LogP contribution in [0.1, 0.15) is 38.7 Å². The number of ether oxygens (including phenoxy) is 2. The van der Waals surface area contributed by atoms with E-state index in [4.69, 9.17) is 13.7 Å². The molecule has 2 rings (SSSR count). The van der Waals surface area contributed by atoms with Gasteiger partial charge in [-0.1, -0.05) is 12.1 Å². The number of hydrogen-bond donors (Lipinski definition) is 0. The molecule has 0 unspecified atom stereocenters. The van der Waals surface area contributed by atoms with E-state index in [2.05, 4.69) is 0 Å². The van der Waals surface area contributed by atoms with Crippen molar-refractivity contribution >= 4 is 16.2 Å². The van der Waals surface area contributed by atoms with Crippen LogP contribution in [0.25, 0.3) is 0 Å². The Morgan fingerprint density at radius 3 is 2.59 bits per heavy atom. The maximum Gasteiger partial charge on any atom is 0.410 e. The minimum absolute atomic E-state index is 0.0139. The fraction of sp³-hybridized carbons (Fsp3) is 0.632. The number of carbonyl (C=O) groups excluding carboxylic acids is 1. The Bertz CT molecular complexity index is 756. The van der Waals surface area contributed by atoms with Crippen LogP contribution in [-0.4, -0.2) is 58.1 Å². The molecule has 0 spiro atoms. The molecule has 0 aliphatic carbocycles. The van der Waals surface area contributed by atoms with E-state index in [1.54, 1.807) is 12.0 Å². The molecule has 2 atom stereocenters. The molecule has 1 heterocycles. The summed E-state index contributed by atoms with van der Waals surface area (Å²) in [6, 6.07) is 7.70. The molecule has 7 nitrogen and oxygen atoms in total. The summed E-state index contributed by atoms with van der Waals surface area (Å²) in [6.45, 7) is 6.37. The first-order valence-corrected chi connectivity index (χ1v) is 10.8. The molecule has 1 aromatic rings. The minimum Gasteiger partial charge on any atom is -0.497 e. The largest absolute Gasteiger partial charge is 0.497 e. The zero-order chi connectivity index (χ0) is 20.2. The van der Waals surface area contributed by atoms with Gasteiger partial charge in [-0.3, -0.25) is 4.18 Å². The van der Waals surface area contributed by atoms with Crippen molar-refractivity contribution in [2.24, 2.45) is 5.92 Å². The van der Waals surface area contributed by atoms with Gasteiger partial charge in [0.15, 0.2) is 0 Å². The highest BCUT2D eigenvalue weighted by molar-refractivity contribution is 7.85. The van der Waals surface area contributed by atoms with Gasteiger partial charge in [0.2, 0.25) is 0 Å². The summed E-state index contributed by atoms with van der Waals surface area (Å²) in [4.78, 5) is 14.1. The van der Waals surface area contributed by atoms with Gasteiger partial charge in [-0.2, -0.15) is 8.42 Å². The lowest BCUT2D eigenvalue weighted by atomic mass is 9.81. The van der Waals surface area contributed by atoms with E-state index in [1.165, 1.54) is 0 Å². The average molecular weight is 400 g/mol. The van der Waals surface area contributed by atoms with Gasteiger partial charge in [-0.15, -0.1) is 0 Å². The topological polar surface area (TPSA) is 82.1 Å². The third-order valence-corrected chi connectivity index (χ3v) is 4.97. The standard InChI is InChI=1S/C19H29NO6S/c1-19(2,3)26-18(21)20-10-9-17(14-7-6-8-16(11-14)24-4)15(12-20)13-25-27(5,22)23/h6-8,11,15,17H,9-10,12-13H2,1-5H3/t15-,17-/m1/s1. The highest BCUT2D eigenvalue weighted by Crippen LogP contribution is 2.35. The smallest absolute Gasteiger partial charge is 0.410 e. The van der Waals surface area contributed by atoms with E-state index in [-0.39, 0.29) is 18.4 Å². The Morgan fingerprint density at radius 2 is 2.00 bits per heavy atom. The van der Waals surface area contributed by atoms with Crippen molar-refractivity contribution < 1.29 is 26.9 Å². The fourth-order valence-electron chi connectivity index (χ4n) is 3.22. The number of piperidine rings is 1. The van der Waals surface area contributed by atoms with Crippen molar-refractivity contribution in [2.45, 2.75) is 38.7 Å². The van der Waals surface area contributed by atoms with E-state index >= 15 is 0 Å². The normalized spacial score (nSPS) is 21.0. The average Bonchev–Trinajstić information content (AvgIpc) is 2.57. The quantitative estimate of drug-likeness (QED) is 0.708. The van der Waals surface area contributed by atoms with E-state index in [0.717, 1.165) is 17.6 Å². The number of nitrogens with zero attached hydrogens (tertiary/aromatic N) is 1. The molecular formula is C19H29NO6S. The van der Waals surface area contributed by atoms with E-state index in [0.29, 0.717) is 19.5 Å². The summed E-state index contributed by atoms with van der Waals surface area (Å²) in [5, 5.41) is 0. The van der Waals surface area contributed by atoms with Crippen molar-refractivity contribution in [1.82, 2.24) is 4.90 Å². The molecule has 0 N–H and O–H groups in total. The van der Waals surface area contributed by atoms with Crippen LogP contribution in [-0.2, 0) is 19.0 Å². The zero-order valence-electron chi connectivity index (χ0n) is 16.6. The predicted octanol–water partition coefficient (Wildman–Crippen LogP) is 3.01. The van der Waals surface area contributed by atoms with Gasteiger partial charge in [0, 0.05) is 19.0 Å². The molecule has 8 heteroatoms. The van der Waals surface area contributed by atoms with Crippen LogP contribution in [0.5, 0.6) is 5.75 Å². The summed E-state index contributed by atoms with van der Waals surface area (Å²) in [6.07, 6.45) is 1.32. The monoisotopic (exact) mass is 399 g/mol. The van der Waals surface area contributed by atoms with Gasteiger partial charge >= 0.3 is 6.09 Å². The van der Waals surface area contributed by atoms with Crippen molar-refractivity contribution in [1.29, 1.82) is 0 Å². The third kappa shape index (κ3) is 6.70. The predicted molar refractivity (Wildman–Crippen MR) is 102 cm³/mol. The van der Waals surface area contributed by atoms with Gasteiger partial charge < -0.3 is 14.4 Å². The fourth-order valence-corrected chi connectivity index (χ4v) is 3.64. The molecular weight excluding hydrogens is 370 g/mol. The first-order chi connectivity index (χ1) is 12.5. The number of methoxy groups -OCH3 is 1. The Hall–Kier alpha value is -1.80. The molecule has 1 fully saturated rings. The summed E-state index contributed by atoms with van der Waals surface area (Å²) < 4.78 is 38.8. The molecule has 152 valence electrons. The molecule has 0 bridgehead atoms. The van der Waals surface area contributed by atoms with Gasteiger partial charge in [-0.05, 0) is 50.8 Å². The van der Waals surface area contributed by atoms with Crippen molar-refractivity contribution in [2.75, 3.05) is 33.1 Å². The van der Waals surface area contributed by atoms with Gasteiger partial charge in [0.25, 0.3) is 10.1 Å². The second-order valence-corrected chi connectivity index (χ2v) is 9.49. The second kappa shape index (κ2) is 8.48. The molecule has 0 saturated carbocycles. The van der Waals surface area contributed by atoms with E-state index < -0.39 is 21.8 Å². The summed E-state index contributed by atoms with van der Waals surface area (Å²) >= 11 is 0. The van der Waals surface area contributed by atoms with E-state index in [1.807, 2.05) is 45.0 Å².